The van der Waals surface area contributed by atoms with Crippen LogP contribution < -0.4 is 24.8 Å². The number of Topliss-reactive ketones (excluding diaryl/α,β-unsaturated/α-hetero) is 1. The Morgan fingerprint density at radius 1 is 0.562 bits per heavy atom. The molecule has 2 amide bonds. The van der Waals surface area contributed by atoms with Crippen molar-refractivity contribution in [3.63, 3.8) is 0 Å². The average Bonchev–Trinajstić information content (AvgIpc) is 3.96. The number of amides is 2. The zero-order chi connectivity index (χ0) is 58.0. The first kappa shape index (κ1) is 65.2. The number of nitrogens with zero attached hydrogens (tertiary/aromatic N) is 2. The SMILES string of the molecule is CN(C)[C@H]1Cc2c(Cl)cc(Cl)cc2[C@@H]1Oc1ccc(S(=O)(=O)CCCOCCOCCNC(=O)NCCCCCC(=O)CCCOCCOCCNS(=O)(=O)c2ccc(O[C@H]3c4cc(Cl)cc(Cl)c4C[C@@H]3N(C)C)c(F)c2)cc1F. The number of ketones is 1. The molecule has 0 aromatic heterocycles. The number of likely N-dealkylation sites (N-methyl/N-ethyl adjacent to an activating group) is 2. The van der Waals surface area contributed by atoms with Gasteiger partial charge < -0.3 is 48.9 Å². The van der Waals surface area contributed by atoms with Crippen LogP contribution in [0.15, 0.2) is 70.5 Å². The van der Waals surface area contributed by atoms with Gasteiger partial charge in [0.05, 0.1) is 67.3 Å². The van der Waals surface area contributed by atoms with Crippen molar-refractivity contribution in [1.82, 2.24) is 25.2 Å². The molecule has 0 saturated heterocycles. The fourth-order valence-corrected chi connectivity index (χ4v) is 12.8. The normalized spacial score (nSPS) is 17.0. The third-order valence-corrected chi connectivity index (χ3v) is 17.9. The molecule has 0 bridgehead atoms. The van der Waals surface area contributed by atoms with Gasteiger partial charge in [0.25, 0.3) is 0 Å². The molecule has 4 aromatic rings. The van der Waals surface area contributed by atoms with Crippen LogP contribution in [0.25, 0.3) is 0 Å². The highest BCUT2D eigenvalue weighted by atomic mass is 35.5. The van der Waals surface area contributed by atoms with Crippen molar-refractivity contribution >= 4 is 78.1 Å². The highest BCUT2D eigenvalue weighted by molar-refractivity contribution is 7.91. The Labute approximate surface area is 488 Å². The molecule has 0 unspecified atom stereocenters. The van der Waals surface area contributed by atoms with E-state index in [-0.39, 0.29) is 117 Å². The maximum Gasteiger partial charge on any atom is 0.314 e. The van der Waals surface area contributed by atoms with Crippen LogP contribution in [0, 0.1) is 11.6 Å². The summed E-state index contributed by atoms with van der Waals surface area (Å²) in [6.07, 6.45) is 3.75. The molecule has 0 heterocycles. The molecular formula is C55H71Cl4F2N5O12S2. The predicted octanol–water partition coefficient (Wildman–Crippen LogP) is 9.21. The first-order valence-electron chi connectivity index (χ1n) is 26.4. The summed E-state index contributed by atoms with van der Waals surface area (Å²) in [5.74, 6) is -1.93. The van der Waals surface area contributed by atoms with Crippen molar-refractivity contribution in [3.05, 3.63) is 115 Å². The molecule has 17 nitrogen and oxygen atoms in total. The summed E-state index contributed by atoms with van der Waals surface area (Å²) in [5.41, 5.74) is 3.26. The molecule has 442 valence electrons. The van der Waals surface area contributed by atoms with Crippen LogP contribution in [-0.2, 0) is 56.4 Å². The third-order valence-electron chi connectivity index (χ3n) is 13.5. The first-order valence-corrected chi connectivity index (χ1v) is 31.1. The second kappa shape index (κ2) is 31.6. The number of unbranched alkanes of at least 4 members (excludes halogenated alkanes) is 2. The topological polar surface area (TPSA) is 200 Å². The van der Waals surface area contributed by atoms with E-state index in [0.29, 0.717) is 78.2 Å². The lowest BCUT2D eigenvalue weighted by molar-refractivity contribution is -0.119. The first-order chi connectivity index (χ1) is 38.1. The van der Waals surface area contributed by atoms with Crippen molar-refractivity contribution in [2.45, 2.75) is 91.9 Å². The molecule has 2 aliphatic rings. The van der Waals surface area contributed by atoms with E-state index in [1.165, 1.54) is 24.3 Å². The van der Waals surface area contributed by atoms with Gasteiger partial charge in [-0.1, -0.05) is 52.8 Å². The van der Waals surface area contributed by atoms with E-state index >= 15 is 8.78 Å². The fourth-order valence-electron chi connectivity index (χ4n) is 9.28. The van der Waals surface area contributed by atoms with Crippen molar-refractivity contribution in [1.29, 1.82) is 0 Å². The van der Waals surface area contributed by atoms with Gasteiger partial charge in [-0.05, 0) is 139 Å². The molecular weight excluding hydrogens is 1170 g/mol. The maximum absolute atomic E-state index is 15.3. The van der Waals surface area contributed by atoms with Gasteiger partial charge in [0.15, 0.2) is 33.0 Å². The van der Waals surface area contributed by atoms with Gasteiger partial charge in [-0.15, -0.1) is 0 Å². The Bertz CT molecular complexity index is 2750. The molecule has 0 fully saturated rings. The van der Waals surface area contributed by atoms with Gasteiger partial charge in [0, 0.05) is 76.9 Å². The van der Waals surface area contributed by atoms with E-state index in [4.69, 9.17) is 74.8 Å². The number of benzene rings is 4. The van der Waals surface area contributed by atoms with E-state index in [9.17, 15) is 26.4 Å². The zero-order valence-electron chi connectivity index (χ0n) is 45.3. The largest absolute Gasteiger partial charge is 0.481 e. The van der Waals surface area contributed by atoms with Gasteiger partial charge in [-0.25, -0.2) is 35.1 Å². The Kier molecular flexibility index (Phi) is 25.8. The number of ether oxygens (including phenoxy) is 6. The van der Waals surface area contributed by atoms with Gasteiger partial charge in [0.1, 0.15) is 18.0 Å². The number of carbonyl (C=O) groups excluding carboxylic acids is 2. The molecule has 80 heavy (non-hydrogen) atoms. The number of sulfone groups is 1. The van der Waals surface area contributed by atoms with E-state index in [0.717, 1.165) is 40.8 Å². The average molecular weight is 1240 g/mol. The van der Waals surface area contributed by atoms with Crippen LogP contribution in [-0.4, -0.2) is 157 Å². The van der Waals surface area contributed by atoms with Crippen molar-refractivity contribution in [3.8, 4) is 11.5 Å². The molecule has 0 radical (unpaired) electrons. The number of rotatable bonds is 35. The molecule has 4 atom stereocenters. The van der Waals surface area contributed by atoms with E-state index in [1.807, 2.05) is 38.0 Å². The van der Waals surface area contributed by atoms with Gasteiger partial charge in [-0.2, -0.15) is 0 Å². The number of carbonyl (C=O) groups is 2. The smallest absolute Gasteiger partial charge is 0.314 e. The predicted molar refractivity (Wildman–Crippen MR) is 304 cm³/mol. The molecule has 0 aliphatic heterocycles. The standard InChI is InChI=1S/C55H71Cl4F2N5O12S2/c1-65(2)49-34-41-43(28-36(56)30-45(41)58)53(49)77-51-14-12-39(32-47(51)60)79(69,70)27-9-20-74-24-25-75-21-17-63-55(68)62-16-7-5-6-10-38(67)11-8-19-73-23-26-76-22-18-64-80(71,72)40-13-15-52(48(61)33-40)78-54-44-29-37(57)31-46(59)42(44)35-50(54)66(3)4/h12-15,28-33,49-50,53-54,64H,5-11,16-27,34-35H2,1-4H3,(H2,62,63,68)/t49-,50-,53-,54-/m0/s1. The number of halogens is 6. The number of urea groups is 1. The van der Waals surface area contributed by atoms with E-state index in [1.54, 1.807) is 24.3 Å². The Morgan fingerprint density at radius 3 is 1.57 bits per heavy atom. The maximum atomic E-state index is 15.3. The zero-order valence-corrected chi connectivity index (χ0v) is 50.0. The van der Waals surface area contributed by atoms with E-state index < -0.39 is 43.7 Å². The second-order valence-corrected chi connectivity index (χ2v) is 25.4. The van der Waals surface area contributed by atoms with Crippen LogP contribution in [0.1, 0.15) is 79.4 Å². The molecule has 4 aromatic carbocycles. The molecule has 0 saturated carbocycles. The molecule has 6 rings (SSSR count). The molecule has 3 N–H and O–H groups in total. The highest BCUT2D eigenvalue weighted by Crippen LogP contribution is 2.44. The third kappa shape index (κ3) is 19.3. The lowest BCUT2D eigenvalue weighted by Crippen LogP contribution is -2.37. The number of sulfonamides is 1. The summed E-state index contributed by atoms with van der Waals surface area (Å²) in [6.45, 7) is 2.45. The minimum Gasteiger partial charge on any atom is -0.481 e. The summed E-state index contributed by atoms with van der Waals surface area (Å²) in [5, 5.41) is 7.37. The summed E-state index contributed by atoms with van der Waals surface area (Å²) < 4.78 is 119. The summed E-state index contributed by atoms with van der Waals surface area (Å²) in [7, 11) is -0.290. The molecule has 25 heteroatoms. The molecule has 2 aliphatic carbocycles. The lowest BCUT2D eigenvalue weighted by atomic mass is 10.1. The summed E-state index contributed by atoms with van der Waals surface area (Å²) in [4.78, 5) is 27.9. The van der Waals surface area contributed by atoms with Crippen LogP contribution in [0.5, 0.6) is 11.5 Å². The number of hydrogen-bond donors (Lipinski definition) is 3. The van der Waals surface area contributed by atoms with Crippen LogP contribution in [0.2, 0.25) is 20.1 Å². The van der Waals surface area contributed by atoms with Crippen molar-refractivity contribution in [2.24, 2.45) is 0 Å². The van der Waals surface area contributed by atoms with Crippen LogP contribution in [0.4, 0.5) is 13.6 Å². The van der Waals surface area contributed by atoms with Gasteiger partial charge >= 0.3 is 6.03 Å². The monoisotopic (exact) mass is 1240 g/mol. The fraction of sp³-hybridized carbons (Fsp3) is 0.527. The second-order valence-electron chi connectivity index (χ2n) is 19.8. The number of fused-ring (bicyclic) bond motifs is 2. The number of hydrogen-bond acceptors (Lipinski definition) is 14. The number of nitrogens with one attached hydrogen (secondary N) is 3. The Morgan fingerprint density at radius 2 is 1.04 bits per heavy atom. The van der Waals surface area contributed by atoms with Crippen LogP contribution >= 0.6 is 46.4 Å². The lowest BCUT2D eigenvalue weighted by Gasteiger charge is -2.27. The van der Waals surface area contributed by atoms with Crippen molar-refractivity contribution in [2.75, 3.05) is 106 Å². The van der Waals surface area contributed by atoms with Crippen LogP contribution in [0.3, 0.4) is 0 Å². The van der Waals surface area contributed by atoms with Gasteiger partial charge in [0.2, 0.25) is 10.0 Å². The summed E-state index contributed by atoms with van der Waals surface area (Å²) >= 11 is 25.4. The Hall–Kier alpha value is -3.94. The minimum absolute atomic E-state index is 0.0455. The molecule has 0 spiro atoms. The van der Waals surface area contributed by atoms with Gasteiger partial charge in [-0.3, -0.25) is 4.79 Å². The van der Waals surface area contributed by atoms with Crippen molar-refractivity contribution < 1.29 is 63.6 Å². The quantitative estimate of drug-likeness (QED) is 0.0368. The Balaban J connectivity index is 0.708. The van der Waals surface area contributed by atoms with E-state index in [2.05, 4.69) is 15.4 Å². The minimum atomic E-state index is -4.04. The summed E-state index contributed by atoms with van der Waals surface area (Å²) in [6, 6.07) is 13.3. The highest BCUT2D eigenvalue weighted by Gasteiger charge is 2.39.